The summed E-state index contributed by atoms with van der Waals surface area (Å²) in [6.07, 6.45) is 0.217. The van der Waals surface area contributed by atoms with Crippen molar-refractivity contribution in [2.45, 2.75) is 19.4 Å². The Balaban J connectivity index is 2.37. The molecular formula is C10H13N3O3. The molecule has 0 saturated carbocycles. The van der Waals surface area contributed by atoms with Crippen molar-refractivity contribution in [1.29, 1.82) is 0 Å². The maximum absolute atomic E-state index is 10.8. The van der Waals surface area contributed by atoms with Gasteiger partial charge in [0.05, 0.1) is 11.0 Å². The molecule has 6 heteroatoms. The number of hydrogen-bond donors (Lipinski definition) is 1. The van der Waals surface area contributed by atoms with Gasteiger partial charge < -0.3 is 10.0 Å². The highest BCUT2D eigenvalue weighted by atomic mass is 16.6. The maximum Gasteiger partial charge on any atom is 0.311 e. The molecule has 1 aliphatic heterocycles. The molecular weight excluding hydrogens is 210 g/mol. The Morgan fingerprint density at radius 1 is 1.62 bits per heavy atom. The summed E-state index contributed by atoms with van der Waals surface area (Å²) in [4.78, 5) is 16.4. The van der Waals surface area contributed by atoms with E-state index in [0.29, 0.717) is 25.3 Å². The second kappa shape index (κ2) is 4.05. The summed E-state index contributed by atoms with van der Waals surface area (Å²) in [5, 5.41) is 20.3. The minimum atomic E-state index is -0.438. The molecule has 1 aromatic rings. The number of aliphatic hydroxyl groups is 1. The van der Waals surface area contributed by atoms with Crippen molar-refractivity contribution in [2.24, 2.45) is 0 Å². The number of aryl methyl sites for hydroxylation is 1. The number of aromatic nitrogens is 1. The highest BCUT2D eigenvalue weighted by Gasteiger charge is 2.27. The minimum absolute atomic E-state index is 0.000278. The van der Waals surface area contributed by atoms with Crippen LogP contribution in [0.1, 0.15) is 12.1 Å². The van der Waals surface area contributed by atoms with Gasteiger partial charge in [-0.1, -0.05) is 0 Å². The molecule has 0 amide bonds. The molecule has 6 nitrogen and oxygen atoms in total. The zero-order valence-corrected chi connectivity index (χ0v) is 8.96. The number of aliphatic hydroxyl groups excluding tert-OH is 1. The van der Waals surface area contributed by atoms with Crippen molar-refractivity contribution in [1.82, 2.24) is 4.98 Å². The van der Waals surface area contributed by atoms with E-state index in [0.717, 1.165) is 5.69 Å². The predicted molar refractivity (Wildman–Crippen MR) is 58.5 cm³/mol. The second-order valence-electron chi connectivity index (χ2n) is 3.94. The number of hydrogen-bond acceptors (Lipinski definition) is 5. The largest absolute Gasteiger partial charge is 0.391 e. The summed E-state index contributed by atoms with van der Waals surface area (Å²) in [7, 11) is 0. The molecule has 0 aliphatic carbocycles. The molecule has 0 unspecified atom stereocenters. The van der Waals surface area contributed by atoms with Crippen LogP contribution in [-0.4, -0.2) is 34.2 Å². The molecule has 0 spiro atoms. The monoisotopic (exact) mass is 223 g/mol. The number of β-amino-alcohol motifs (C(OH)–C–C–N with tert-alkyl or cyclic N) is 1. The van der Waals surface area contributed by atoms with Crippen LogP contribution in [0.5, 0.6) is 0 Å². The van der Waals surface area contributed by atoms with Gasteiger partial charge in [-0.15, -0.1) is 0 Å². The molecule has 2 heterocycles. The summed E-state index contributed by atoms with van der Waals surface area (Å²) in [5.74, 6) is 0.363. The normalized spacial score (nSPS) is 20.1. The van der Waals surface area contributed by atoms with Crippen molar-refractivity contribution < 1.29 is 10.0 Å². The first kappa shape index (κ1) is 10.8. The summed E-state index contributed by atoms with van der Waals surface area (Å²) in [5.41, 5.74) is 0.738. The van der Waals surface area contributed by atoms with E-state index in [4.69, 9.17) is 0 Å². The van der Waals surface area contributed by atoms with Crippen LogP contribution < -0.4 is 4.90 Å². The molecule has 86 valence electrons. The molecule has 1 atom stereocenters. The van der Waals surface area contributed by atoms with Crippen molar-refractivity contribution in [3.05, 3.63) is 27.9 Å². The van der Waals surface area contributed by atoms with Gasteiger partial charge in [-0.3, -0.25) is 10.1 Å². The molecule has 1 saturated heterocycles. The molecule has 1 aliphatic rings. The number of pyridine rings is 1. The van der Waals surface area contributed by atoms with Gasteiger partial charge in [0.25, 0.3) is 0 Å². The molecule has 1 N–H and O–H groups in total. The van der Waals surface area contributed by atoms with Gasteiger partial charge in [-0.25, -0.2) is 4.98 Å². The quantitative estimate of drug-likeness (QED) is 0.594. The standard InChI is InChI=1S/C10H13N3O3/c1-7-2-3-9(13(15)16)10(11-7)12-5-4-8(14)6-12/h2-3,8,14H,4-6H2,1H3/t8-/m0/s1. The average Bonchev–Trinajstić information content (AvgIpc) is 2.64. The lowest BCUT2D eigenvalue weighted by Gasteiger charge is -2.16. The Kier molecular flexibility index (Phi) is 2.74. The summed E-state index contributed by atoms with van der Waals surface area (Å²) < 4.78 is 0. The Hall–Kier alpha value is -1.69. The number of nitro groups is 1. The van der Waals surface area contributed by atoms with Crippen LogP contribution in [-0.2, 0) is 0 Å². The molecule has 0 aromatic carbocycles. The SMILES string of the molecule is Cc1ccc([N+](=O)[O-])c(N2CC[C@H](O)C2)n1. The number of anilines is 1. The lowest BCUT2D eigenvalue weighted by atomic mass is 10.3. The Morgan fingerprint density at radius 2 is 2.38 bits per heavy atom. The lowest BCUT2D eigenvalue weighted by molar-refractivity contribution is -0.384. The first-order chi connectivity index (χ1) is 7.58. The molecule has 0 radical (unpaired) electrons. The second-order valence-corrected chi connectivity index (χ2v) is 3.94. The van der Waals surface area contributed by atoms with Crippen molar-refractivity contribution in [3.63, 3.8) is 0 Å². The Labute approximate surface area is 92.7 Å². The van der Waals surface area contributed by atoms with E-state index in [9.17, 15) is 15.2 Å². The molecule has 16 heavy (non-hydrogen) atoms. The smallest absolute Gasteiger partial charge is 0.311 e. The van der Waals surface area contributed by atoms with Gasteiger partial charge in [0, 0.05) is 24.8 Å². The van der Waals surface area contributed by atoms with Gasteiger partial charge in [-0.05, 0) is 19.4 Å². The summed E-state index contributed by atoms with van der Waals surface area (Å²) in [6.45, 7) is 2.81. The van der Waals surface area contributed by atoms with E-state index in [1.54, 1.807) is 17.9 Å². The van der Waals surface area contributed by atoms with Crippen LogP contribution >= 0.6 is 0 Å². The van der Waals surface area contributed by atoms with Gasteiger partial charge >= 0.3 is 5.69 Å². The van der Waals surface area contributed by atoms with Gasteiger partial charge in [0.15, 0.2) is 0 Å². The number of rotatable bonds is 2. The van der Waals surface area contributed by atoms with Gasteiger partial charge in [0.2, 0.25) is 5.82 Å². The highest BCUT2D eigenvalue weighted by Crippen LogP contribution is 2.28. The lowest BCUT2D eigenvalue weighted by Crippen LogP contribution is -2.23. The molecule has 2 rings (SSSR count). The van der Waals surface area contributed by atoms with Gasteiger partial charge in [0.1, 0.15) is 0 Å². The van der Waals surface area contributed by atoms with Crippen LogP contribution in [0, 0.1) is 17.0 Å². The fourth-order valence-corrected chi connectivity index (χ4v) is 1.85. The topological polar surface area (TPSA) is 79.5 Å². The van der Waals surface area contributed by atoms with Crippen LogP contribution in [0.25, 0.3) is 0 Å². The summed E-state index contributed by atoms with van der Waals surface area (Å²) >= 11 is 0. The fraction of sp³-hybridized carbons (Fsp3) is 0.500. The van der Waals surface area contributed by atoms with Crippen LogP contribution in [0.15, 0.2) is 12.1 Å². The Morgan fingerprint density at radius 3 is 2.94 bits per heavy atom. The maximum atomic E-state index is 10.8. The van der Waals surface area contributed by atoms with E-state index < -0.39 is 11.0 Å². The minimum Gasteiger partial charge on any atom is -0.391 e. The number of nitrogens with zero attached hydrogens (tertiary/aromatic N) is 3. The van der Waals surface area contributed by atoms with E-state index in [1.165, 1.54) is 6.07 Å². The highest BCUT2D eigenvalue weighted by molar-refractivity contribution is 5.58. The van der Waals surface area contributed by atoms with Crippen molar-refractivity contribution in [2.75, 3.05) is 18.0 Å². The zero-order valence-electron chi connectivity index (χ0n) is 8.96. The van der Waals surface area contributed by atoms with Crippen LogP contribution in [0.2, 0.25) is 0 Å². The third kappa shape index (κ3) is 1.96. The summed E-state index contributed by atoms with van der Waals surface area (Å²) in [6, 6.07) is 3.08. The average molecular weight is 223 g/mol. The van der Waals surface area contributed by atoms with E-state index in [-0.39, 0.29) is 5.69 Å². The Bertz CT molecular complexity index is 422. The third-order valence-electron chi connectivity index (χ3n) is 2.65. The van der Waals surface area contributed by atoms with Gasteiger partial charge in [-0.2, -0.15) is 0 Å². The molecule has 1 fully saturated rings. The van der Waals surface area contributed by atoms with Crippen LogP contribution in [0.4, 0.5) is 11.5 Å². The van der Waals surface area contributed by atoms with Crippen molar-refractivity contribution >= 4 is 11.5 Å². The van der Waals surface area contributed by atoms with Crippen LogP contribution in [0.3, 0.4) is 0 Å². The fourth-order valence-electron chi connectivity index (χ4n) is 1.85. The molecule has 0 bridgehead atoms. The van der Waals surface area contributed by atoms with E-state index in [2.05, 4.69) is 4.98 Å². The predicted octanol–water partition coefficient (Wildman–Crippen LogP) is 0.869. The first-order valence-electron chi connectivity index (χ1n) is 5.13. The molecule has 1 aromatic heterocycles. The van der Waals surface area contributed by atoms with E-state index >= 15 is 0 Å². The van der Waals surface area contributed by atoms with Crippen molar-refractivity contribution in [3.8, 4) is 0 Å². The zero-order chi connectivity index (χ0) is 11.7. The van der Waals surface area contributed by atoms with E-state index in [1.807, 2.05) is 0 Å². The third-order valence-corrected chi connectivity index (χ3v) is 2.65. The first-order valence-corrected chi connectivity index (χ1v) is 5.13.